The molecule has 0 aliphatic heterocycles. The van der Waals surface area contributed by atoms with Crippen molar-refractivity contribution in [3.63, 3.8) is 0 Å². The third kappa shape index (κ3) is 7.35. The van der Waals surface area contributed by atoms with Gasteiger partial charge in [0.05, 0.1) is 5.56 Å². The van der Waals surface area contributed by atoms with E-state index in [0.717, 1.165) is 29.7 Å². The van der Waals surface area contributed by atoms with Gasteiger partial charge in [-0.15, -0.1) is 12.6 Å². The van der Waals surface area contributed by atoms with E-state index in [1.807, 2.05) is 43.5 Å². The van der Waals surface area contributed by atoms with Gasteiger partial charge in [0, 0.05) is 30.2 Å². The topological polar surface area (TPSA) is 90.9 Å². The number of nitrogens with two attached hydrogens (primary N) is 1. The molecule has 2 aromatic rings. The minimum Gasteiger partial charge on any atom is -0.388 e. The number of anilines is 1. The molecular formula is C26H29FN4OS. The van der Waals surface area contributed by atoms with Crippen molar-refractivity contribution in [1.29, 1.82) is 5.26 Å². The number of hydrogen-bond acceptors (Lipinski definition) is 5. The molecule has 0 saturated heterocycles. The third-order valence-electron chi connectivity index (χ3n) is 5.17. The highest BCUT2D eigenvalue weighted by molar-refractivity contribution is 7.90. The average Bonchev–Trinajstić information content (AvgIpc) is 2.83. The minimum absolute atomic E-state index is 0.0129. The van der Waals surface area contributed by atoms with E-state index in [2.05, 4.69) is 17.2 Å². The van der Waals surface area contributed by atoms with Crippen LogP contribution in [0.1, 0.15) is 41.5 Å². The van der Waals surface area contributed by atoms with Gasteiger partial charge < -0.3 is 16.4 Å². The number of amides is 1. The van der Waals surface area contributed by atoms with Crippen molar-refractivity contribution in [2.45, 2.75) is 25.3 Å². The number of allylic oxidation sites excluding steroid dienone is 2. The molecule has 0 saturated carbocycles. The fraction of sp³-hybridized carbons (Fsp3) is 0.231. The Bertz CT molecular complexity index is 1090. The number of carbonyl (C=O) groups excluding carboxylic acids is 1. The van der Waals surface area contributed by atoms with Gasteiger partial charge in [-0.05, 0) is 65.8 Å². The molecule has 1 unspecified atom stereocenters. The molecule has 5 nitrogen and oxygen atoms in total. The molecule has 172 valence electrons. The molecule has 0 aromatic heterocycles. The summed E-state index contributed by atoms with van der Waals surface area (Å²) >= 11 is 4.78. The van der Waals surface area contributed by atoms with Crippen molar-refractivity contribution in [2.75, 3.05) is 18.9 Å². The smallest absolute Gasteiger partial charge is 0.207 e. The predicted octanol–water partition coefficient (Wildman–Crippen LogP) is 4.98. The number of benzene rings is 2. The largest absolute Gasteiger partial charge is 0.388 e. The predicted molar refractivity (Wildman–Crippen MR) is 138 cm³/mol. The molecule has 0 bridgehead atoms. The maximum atomic E-state index is 14.4. The van der Waals surface area contributed by atoms with Gasteiger partial charge in [-0.3, -0.25) is 4.79 Å². The normalized spacial score (nSPS) is 12.6. The SMILES string of the molecule is C=Cc1cc(/C(S)=C(/C=C/CC(N)CCCNC=O)c2ccc(C#N)c(F)c2)ccc1NC. The number of rotatable bonds is 12. The summed E-state index contributed by atoms with van der Waals surface area (Å²) in [5, 5.41) is 14.8. The lowest BCUT2D eigenvalue weighted by atomic mass is 9.98. The van der Waals surface area contributed by atoms with Gasteiger partial charge in [0.15, 0.2) is 0 Å². The van der Waals surface area contributed by atoms with Crippen LogP contribution in [0.15, 0.2) is 55.1 Å². The van der Waals surface area contributed by atoms with E-state index in [9.17, 15) is 9.18 Å². The molecule has 0 heterocycles. The Morgan fingerprint density at radius 2 is 2.06 bits per heavy atom. The van der Waals surface area contributed by atoms with Gasteiger partial charge in [0.2, 0.25) is 6.41 Å². The van der Waals surface area contributed by atoms with Gasteiger partial charge in [-0.25, -0.2) is 4.39 Å². The van der Waals surface area contributed by atoms with Crippen LogP contribution in [0.2, 0.25) is 0 Å². The molecule has 1 atom stereocenters. The Morgan fingerprint density at radius 3 is 2.70 bits per heavy atom. The second-order valence-corrected chi connectivity index (χ2v) is 7.88. The van der Waals surface area contributed by atoms with E-state index in [4.69, 9.17) is 23.6 Å². The van der Waals surface area contributed by atoms with Crippen molar-refractivity contribution >= 4 is 41.3 Å². The summed E-state index contributed by atoms with van der Waals surface area (Å²) in [6.45, 7) is 4.45. The van der Waals surface area contributed by atoms with Crippen molar-refractivity contribution in [1.82, 2.24) is 5.32 Å². The summed E-state index contributed by atoms with van der Waals surface area (Å²) in [7, 11) is 1.84. The molecule has 4 N–H and O–H groups in total. The van der Waals surface area contributed by atoms with Crippen molar-refractivity contribution in [3.8, 4) is 6.07 Å². The zero-order valence-corrected chi connectivity index (χ0v) is 19.5. The molecule has 7 heteroatoms. The van der Waals surface area contributed by atoms with Gasteiger partial charge in [-0.1, -0.05) is 36.9 Å². The maximum absolute atomic E-state index is 14.4. The third-order valence-corrected chi connectivity index (χ3v) is 5.67. The number of nitriles is 1. The van der Waals surface area contributed by atoms with Gasteiger partial charge in [-0.2, -0.15) is 5.26 Å². The number of nitrogens with one attached hydrogen (secondary N) is 2. The molecule has 0 radical (unpaired) electrons. The Kier molecular flexibility index (Phi) is 10.4. The number of hydrogen-bond donors (Lipinski definition) is 4. The van der Waals surface area contributed by atoms with E-state index >= 15 is 0 Å². The lowest BCUT2D eigenvalue weighted by Crippen LogP contribution is -2.21. The van der Waals surface area contributed by atoms with Crippen LogP contribution in [-0.2, 0) is 4.79 Å². The molecule has 0 fully saturated rings. The summed E-state index contributed by atoms with van der Waals surface area (Å²) in [6.07, 6.45) is 8.41. The number of carbonyl (C=O) groups is 1. The fourth-order valence-corrected chi connectivity index (χ4v) is 3.69. The van der Waals surface area contributed by atoms with Gasteiger partial charge in [0.1, 0.15) is 11.9 Å². The molecular weight excluding hydrogens is 435 g/mol. The Hall–Kier alpha value is -3.34. The highest BCUT2D eigenvalue weighted by atomic mass is 32.1. The van der Waals surface area contributed by atoms with Crippen molar-refractivity contribution in [2.24, 2.45) is 5.73 Å². The molecule has 0 aliphatic rings. The van der Waals surface area contributed by atoms with Gasteiger partial charge >= 0.3 is 0 Å². The van der Waals surface area contributed by atoms with E-state index in [-0.39, 0.29) is 11.6 Å². The summed E-state index contributed by atoms with van der Waals surface area (Å²) < 4.78 is 14.4. The van der Waals surface area contributed by atoms with E-state index < -0.39 is 5.82 Å². The van der Waals surface area contributed by atoms with Crippen LogP contribution in [0.5, 0.6) is 0 Å². The van der Waals surface area contributed by atoms with Crippen LogP contribution in [0.3, 0.4) is 0 Å². The van der Waals surface area contributed by atoms with Crippen LogP contribution in [-0.4, -0.2) is 26.0 Å². The van der Waals surface area contributed by atoms with E-state index in [1.165, 1.54) is 12.1 Å². The van der Waals surface area contributed by atoms with Crippen LogP contribution in [0.25, 0.3) is 16.6 Å². The maximum Gasteiger partial charge on any atom is 0.207 e. The first-order chi connectivity index (χ1) is 15.9. The highest BCUT2D eigenvalue weighted by Crippen LogP contribution is 2.33. The standard InChI is InChI=1S/C26H29FN4OS/c1-3-18-14-20(11-12-25(18)30-2)26(33)23(19-9-10-21(16-28)24(27)15-19)8-4-6-22(29)7-5-13-31-17-32/h3-4,8-12,14-15,17,22,30,33H,1,5-7,13,29H2,2H3,(H,31,32)/b8-4+,26-23+. The number of thiol groups is 1. The van der Waals surface area contributed by atoms with Crippen molar-refractivity contribution in [3.05, 3.63) is 83.2 Å². The highest BCUT2D eigenvalue weighted by Gasteiger charge is 2.11. The summed E-state index contributed by atoms with van der Waals surface area (Å²) in [6, 6.07) is 12.1. The van der Waals surface area contributed by atoms with Crippen molar-refractivity contribution < 1.29 is 9.18 Å². The summed E-state index contributed by atoms with van der Waals surface area (Å²) in [4.78, 5) is 11.0. The first-order valence-corrected chi connectivity index (χ1v) is 11.1. The molecule has 33 heavy (non-hydrogen) atoms. The molecule has 2 aromatic carbocycles. The molecule has 0 spiro atoms. The summed E-state index contributed by atoms with van der Waals surface area (Å²) in [5.74, 6) is -0.585. The minimum atomic E-state index is -0.585. The Balaban J connectivity index is 2.41. The summed E-state index contributed by atoms with van der Waals surface area (Å²) in [5.41, 5.74) is 10.2. The zero-order chi connectivity index (χ0) is 24.2. The first-order valence-electron chi connectivity index (χ1n) is 10.6. The van der Waals surface area contributed by atoms with Crippen LogP contribution in [0.4, 0.5) is 10.1 Å². The van der Waals surface area contributed by atoms with Crippen LogP contribution >= 0.6 is 12.6 Å². The second kappa shape index (κ2) is 13.3. The lowest BCUT2D eigenvalue weighted by molar-refractivity contribution is -0.109. The van der Waals surface area contributed by atoms with Crippen LogP contribution < -0.4 is 16.4 Å². The molecule has 1 amide bonds. The van der Waals surface area contributed by atoms with E-state index in [1.54, 1.807) is 12.1 Å². The first kappa shape index (κ1) is 25.9. The average molecular weight is 465 g/mol. The lowest BCUT2D eigenvalue weighted by Gasteiger charge is -2.13. The fourth-order valence-electron chi connectivity index (χ4n) is 3.35. The van der Waals surface area contributed by atoms with E-state index in [0.29, 0.717) is 35.4 Å². The monoisotopic (exact) mass is 464 g/mol. The van der Waals surface area contributed by atoms with Crippen LogP contribution in [0, 0.1) is 17.1 Å². The van der Waals surface area contributed by atoms with Gasteiger partial charge in [0.25, 0.3) is 0 Å². The second-order valence-electron chi connectivity index (χ2n) is 7.44. The Labute approximate surface area is 200 Å². The number of halogens is 1. The number of nitrogens with zero attached hydrogens (tertiary/aromatic N) is 1. The zero-order valence-electron chi connectivity index (χ0n) is 18.6. The molecule has 0 aliphatic carbocycles. The molecule has 2 rings (SSSR count). The quantitative estimate of drug-likeness (QED) is 0.117. The Morgan fingerprint density at radius 1 is 1.30 bits per heavy atom.